The lowest BCUT2D eigenvalue weighted by Gasteiger charge is -2.18. The number of fused-ring (bicyclic) bond motifs is 1. The molecule has 0 N–H and O–H groups in total. The van der Waals surface area contributed by atoms with Gasteiger partial charge in [-0.05, 0) is 64.4 Å². The van der Waals surface area contributed by atoms with E-state index in [4.69, 9.17) is 4.98 Å². The van der Waals surface area contributed by atoms with E-state index in [1.54, 1.807) is 6.20 Å². The molecule has 1 saturated carbocycles. The number of pyridine rings is 1. The number of hydrogen-bond donors (Lipinski definition) is 0. The van der Waals surface area contributed by atoms with Gasteiger partial charge in [0.15, 0.2) is 5.65 Å². The van der Waals surface area contributed by atoms with E-state index < -0.39 is 0 Å². The topological polar surface area (TPSA) is 54.3 Å². The molecule has 2 aromatic heterocycles. The van der Waals surface area contributed by atoms with E-state index in [9.17, 15) is 4.79 Å². The smallest absolute Gasteiger partial charge is 0.254 e. The molecule has 1 amide bonds. The zero-order chi connectivity index (χ0) is 22.8. The number of hydrogen-bond acceptors (Lipinski definition) is 4. The summed E-state index contributed by atoms with van der Waals surface area (Å²) in [6, 6.07) is 11.0. The number of benzene rings is 1. The van der Waals surface area contributed by atoms with Gasteiger partial charge in [-0.3, -0.25) is 4.79 Å². The van der Waals surface area contributed by atoms with E-state index in [0.29, 0.717) is 11.6 Å². The monoisotopic (exact) mass is 433 g/mol. The molecule has 1 aromatic carbocycles. The van der Waals surface area contributed by atoms with Crippen molar-refractivity contribution in [3.8, 4) is 11.3 Å². The number of unbranched alkanes of at least 4 members (excludes halogenated alkanes) is 1. The van der Waals surface area contributed by atoms with Crippen molar-refractivity contribution in [1.29, 1.82) is 0 Å². The Morgan fingerprint density at radius 2 is 2.00 bits per heavy atom. The molecule has 2 heterocycles. The molecule has 0 spiro atoms. The molecule has 32 heavy (non-hydrogen) atoms. The molecule has 1 aliphatic rings. The Morgan fingerprint density at radius 1 is 1.22 bits per heavy atom. The molecule has 0 unspecified atom stereocenters. The summed E-state index contributed by atoms with van der Waals surface area (Å²) >= 11 is 0. The number of nitrogens with zero attached hydrogens (tertiary/aromatic N) is 5. The van der Waals surface area contributed by atoms with Crippen LogP contribution in [0.4, 0.5) is 0 Å². The average molecular weight is 434 g/mol. The van der Waals surface area contributed by atoms with Crippen LogP contribution in [0.2, 0.25) is 0 Å². The second-order valence-corrected chi connectivity index (χ2v) is 9.41. The van der Waals surface area contributed by atoms with Gasteiger partial charge >= 0.3 is 0 Å². The van der Waals surface area contributed by atoms with Crippen molar-refractivity contribution in [2.75, 3.05) is 20.6 Å². The van der Waals surface area contributed by atoms with Crippen LogP contribution in [-0.2, 0) is 6.54 Å². The standard InChI is InChI=1S/C26H35N5O/c1-6-7-13-29(4)17-19-9-8-10-20(14-19)24-15-22(26(32)30(5)21-11-12-21)23-16-27-31(18(2)3)25(23)28-24/h8-10,14-16,18,21H,6-7,11-13,17H2,1-5H3. The summed E-state index contributed by atoms with van der Waals surface area (Å²) in [6.07, 6.45) is 6.36. The zero-order valence-electron chi connectivity index (χ0n) is 20.0. The van der Waals surface area contributed by atoms with Crippen LogP contribution < -0.4 is 0 Å². The molecule has 170 valence electrons. The van der Waals surface area contributed by atoms with Crippen molar-refractivity contribution < 1.29 is 4.79 Å². The third-order valence-corrected chi connectivity index (χ3v) is 6.27. The van der Waals surface area contributed by atoms with E-state index in [2.05, 4.69) is 62.1 Å². The van der Waals surface area contributed by atoms with E-state index in [1.165, 1.54) is 18.4 Å². The second kappa shape index (κ2) is 9.41. The summed E-state index contributed by atoms with van der Waals surface area (Å²) in [5.41, 5.74) is 4.58. The third kappa shape index (κ3) is 4.70. The maximum absolute atomic E-state index is 13.4. The Hall–Kier alpha value is -2.73. The van der Waals surface area contributed by atoms with Crippen LogP contribution >= 0.6 is 0 Å². The van der Waals surface area contributed by atoms with Gasteiger partial charge in [-0.1, -0.05) is 31.5 Å². The summed E-state index contributed by atoms with van der Waals surface area (Å²) in [5.74, 6) is 0.0555. The van der Waals surface area contributed by atoms with Crippen molar-refractivity contribution in [2.45, 2.75) is 65.1 Å². The van der Waals surface area contributed by atoms with Crippen LogP contribution in [0.5, 0.6) is 0 Å². The second-order valence-electron chi connectivity index (χ2n) is 9.41. The maximum Gasteiger partial charge on any atom is 0.254 e. The predicted octanol–water partition coefficient (Wildman–Crippen LogP) is 5.15. The molecular formula is C26H35N5O. The Morgan fingerprint density at radius 3 is 2.69 bits per heavy atom. The highest BCUT2D eigenvalue weighted by Gasteiger charge is 2.31. The van der Waals surface area contributed by atoms with Gasteiger partial charge in [0.2, 0.25) is 0 Å². The maximum atomic E-state index is 13.4. The predicted molar refractivity (Wildman–Crippen MR) is 130 cm³/mol. The van der Waals surface area contributed by atoms with Crippen molar-refractivity contribution in [2.24, 2.45) is 0 Å². The molecule has 0 atom stereocenters. The summed E-state index contributed by atoms with van der Waals surface area (Å²) in [4.78, 5) is 22.6. The first-order valence-electron chi connectivity index (χ1n) is 11.8. The first-order valence-corrected chi connectivity index (χ1v) is 11.8. The van der Waals surface area contributed by atoms with Crippen LogP contribution in [-0.4, -0.2) is 57.2 Å². The molecular weight excluding hydrogens is 398 g/mol. The van der Waals surface area contributed by atoms with E-state index in [-0.39, 0.29) is 11.9 Å². The van der Waals surface area contributed by atoms with Crippen molar-refractivity contribution in [1.82, 2.24) is 24.6 Å². The van der Waals surface area contributed by atoms with Gasteiger partial charge in [-0.2, -0.15) is 5.10 Å². The minimum absolute atomic E-state index is 0.0555. The number of carbonyl (C=O) groups is 1. The van der Waals surface area contributed by atoms with Crippen molar-refractivity contribution in [3.05, 3.63) is 47.7 Å². The lowest BCUT2D eigenvalue weighted by molar-refractivity contribution is 0.0787. The zero-order valence-corrected chi connectivity index (χ0v) is 20.0. The van der Waals surface area contributed by atoms with Gasteiger partial charge < -0.3 is 9.80 Å². The highest BCUT2D eigenvalue weighted by Crippen LogP contribution is 2.31. The first-order chi connectivity index (χ1) is 15.4. The molecule has 0 aliphatic heterocycles. The SMILES string of the molecule is CCCCN(C)Cc1cccc(-c2cc(C(=O)N(C)C3CC3)c3cnn(C(C)C)c3n2)c1. The van der Waals surface area contributed by atoms with E-state index >= 15 is 0 Å². The van der Waals surface area contributed by atoms with Gasteiger partial charge in [0.05, 0.1) is 22.8 Å². The fourth-order valence-electron chi connectivity index (χ4n) is 4.19. The molecule has 4 rings (SSSR count). The fraction of sp³-hybridized carbons (Fsp3) is 0.500. The Labute approximate surface area is 191 Å². The Kier molecular flexibility index (Phi) is 6.60. The highest BCUT2D eigenvalue weighted by atomic mass is 16.2. The quantitative estimate of drug-likeness (QED) is 0.469. The molecule has 1 aliphatic carbocycles. The van der Waals surface area contributed by atoms with E-state index in [1.807, 2.05) is 22.7 Å². The molecule has 3 aromatic rings. The van der Waals surface area contributed by atoms with Crippen molar-refractivity contribution in [3.63, 3.8) is 0 Å². The summed E-state index contributed by atoms with van der Waals surface area (Å²) in [5, 5.41) is 5.38. The van der Waals surface area contributed by atoms with Gasteiger partial charge in [0.25, 0.3) is 5.91 Å². The molecule has 0 bridgehead atoms. The minimum atomic E-state index is 0.0555. The number of amides is 1. The molecule has 1 fully saturated rings. The van der Waals surface area contributed by atoms with Gasteiger partial charge in [0, 0.05) is 31.2 Å². The highest BCUT2D eigenvalue weighted by molar-refractivity contribution is 6.06. The molecule has 0 radical (unpaired) electrons. The molecule has 0 saturated heterocycles. The minimum Gasteiger partial charge on any atom is -0.339 e. The Bertz CT molecular complexity index is 1100. The van der Waals surface area contributed by atoms with Crippen LogP contribution in [0.25, 0.3) is 22.3 Å². The number of aromatic nitrogens is 3. The summed E-state index contributed by atoms with van der Waals surface area (Å²) in [6.45, 7) is 8.38. The normalized spacial score (nSPS) is 14.0. The Balaban J connectivity index is 1.74. The first kappa shape index (κ1) is 22.5. The van der Waals surface area contributed by atoms with Crippen LogP contribution in [0.3, 0.4) is 0 Å². The summed E-state index contributed by atoms with van der Waals surface area (Å²) in [7, 11) is 4.07. The van der Waals surface area contributed by atoms with Gasteiger partial charge in [-0.15, -0.1) is 0 Å². The van der Waals surface area contributed by atoms with Crippen LogP contribution in [0.1, 0.15) is 68.4 Å². The van der Waals surface area contributed by atoms with Crippen LogP contribution in [0.15, 0.2) is 36.5 Å². The average Bonchev–Trinajstić information content (AvgIpc) is 3.54. The number of rotatable bonds is 9. The molecule has 6 heteroatoms. The van der Waals surface area contributed by atoms with Crippen LogP contribution in [0, 0.1) is 0 Å². The lowest BCUT2D eigenvalue weighted by Crippen LogP contribution is -2.29. The lowest BCUT2D eigenvalue weighted by atomic mass is 10.0. The molecule has 6 nitrogen and oxygen atoms in total. The largest absolute Gasteiger partial charge is 0.339 e. The van der Waals surface area contributed by atoms with Gasteiger partial charge in [-0.25, -0.2) is 9.67 Å². The number of carbonyl (C=O) groups excluding carboxylic acids is 1. The van der Waals surface area contributed by atoms with Gasteiger partial charge in [0.1, 0.15) is 0 Å². The van der Waals surface area contributed by atoms with E-state index in [0.717, 1.165) is 48.2 Å². The fourth-order valence-corrected chi connectivity index (χ4v) is 4.19. The third-order valence-electron chi connectivity index (χ3n) is 6.27. The summed E-state index contributed by atoms with van der Waals surface area (Å²) < 4.78 is 1.91. The van der Waals surface area contributed by atoms with Crippen molar-refractivity contribution >= 4 is 16.9 Å².